The lowest BCUT2D eigenvalue weighted by Crippen LogP contribution is -2.43. The minimum atomic E-state index is -0.434. The lowest BCUT2D eigenvalue weighted by atomic mass is 10.00. The van der Waals surface area contributed by atoms with Crippen molar-refractivity contribution < 1.29 is 19.0 Å². The molecule has 9 nitrogen and oxygen atoms in total. The molecule has 0 amide bonds. The van der Waals surface area contributed by atoms with Crippen LogP contribution in [-0.2, 0) is 32.1 Å². The Hall–Kier alpha value is -3.01. The number of nitrogens with one attached hydrogen (secondary N) is 2. The van der Waals surface area contributed by atoms with Crippen molar-refractivity contribution in [3.63, 3.8) is 0 Å². The van der Waals surface area contributed by atoms with Gasteiger partial charge in [-0.3, -0.25) is 9.59 Å². The van der Waals surface area contributed by atoms with Crippen LogP contribution in [0.2, 0.25) is 0 Å². The highest BCUT2D eigenvalue weighted by molar-refractivity contribution is 5.81. The molecule has 0 bridgehead atoms. The summed E-state index contributed by atoms with van der Waals surface area (Å²) < 4.78 is 18.5. The van der Waals surface area contributed by atoms with E-state index in [9.17, 15) is 9.59 Å². The van der Waals surface area contributed by atoms with Gasteiger partial charge in [0.05, 0.1) is 17.6 Å². The van der Waals surface area contributed by atoms with Crippen molar-refractivity contribution in [2.24, 2.45) is 11.8 Å². The van der Waals surface area contributed by atoms with E-state index in [1.54, 1.807) is 13.3 Å². The van der Waals surface area contributed by atoms with Gasteiger partial charge in [0.1, 0.15) is 18.0 Å². The Bertz CT molecular complexity index is 1290. The van der Waals surface area contributed by atoms with Crippen molar-refractivity contribution in [1.29, 1.82) is 0 Å². The molecule has 1 saturated heterocycles. The van der Waals surface area contributed by atoms with Gasteiger partial charge in [-0.25, -0.2) is 4.98 Å². The summed E-state index contributed by atoms with van der Waals surface area (Å²) in [5.41, 5.74) is 4.41. The summed E-state index contributed by atoms with van der Waals surface area (Å²) >= 11 is 0. The number of esters is 1. The van der Waals surface area contributed by atoms with Crippen molar-refractivity contribution in [2.75, 3.05) is 26.9 Å². The standard InChI is InChI=1S/C29H40N4O5/c1-18(2)26(29(35)38-20(4)17-36-5)30-14-22-6-7-25-24(13-22)32-27(23-12-19(3)28(34)31-15-23)33(25)16-21-8-10-37-11-9-21/h6-7,12-13,15,18,20-21,26,30H,8-11,14,16-17H2,1-5H3,(H,31,34)/t20-,26+/m1/s1. The molecule has 1 aliphatic rings. The zero-order valence-electron chi connectivity index (χ0n) is 23.1. The third-order valence-electron chi connectivity index (χ3n) is 7.11. The maximum absolute atomic E-state index is 12.8. The average Bonchev–Trinajstić information content (AvgIpc) is 3.23. The number of aryl methyl sites for hydroxylation is 1. The molecule has 0 radical (unpaired) electrons. The van der Waals surface area contributed by atoms with Crippen molar-refractivity contribution in [1.82, 2.24) is 19.9 Å². The van der Waals surface area contributed by atoms with Gasteiger partial charge in [0.2, 0.25) is 0 Å². The van der Waals surface area contributed by atoms with Gasteiger partial charge in [0.25, 0.3) is 5.56 Å². The Balaban J connectivity index is 1.60. The second kappa shape index (κ2) is 12.7. The molecule has 2 N–H and O–H groups in total. The van der Waals surface area contributed by atoms with Crippen molar-refractivity contribution in [3.05, 3.63) is 51.9 Å². The van der Waals surface area contributed by atoms with Gasteiger partial charge in [-0.05, 0) is 62.3 Å². The Morgan fingerprint density at radius 3 is 2.68 bits per heavy atom. The van der Waals surface area contributed by atoms with Crippen molar-refractivity contribution in [2.45, 2.75) is 65.8 Å². The molecule has 2 atom stereocenters. The van der Waals surface area contributed by atoms with Crippen LogP contribution in [0.5, 0.6) is 0 Å². The third-order valence-corrected chi connectivity index (χ3v) is 7.11. The van der Waals surface area contributed by atoms with E-state index in [2.05, 4.69) is 33.1 Å². The minimum absolute atomic E-state index is 0.0646. The molecule has 0 aliphatic carbocycles. The first-order valence-electron chi connectivity index (χ1n) is 13.5. The molecule has 9 heteroatoms. The summed E-state index contributed by atoms with van der Waals surface area (Å²) in [6.07, 6.45) is 3.47. The Labute approximate surface area is 223 Å². The fourth-order valence-electron chi connectivity index (χ4n) is 4.96. The van der Waals surface area contributed by atoms with Gasteiger partial charge in [-0.1, -0.05) is 19.9 Å². The van der Waals surface area contributed by atoms with Crippen LogP contribution in [0.25, 0.3) is 22.4 Å². The minimum Gasteiger partial charge on any atom is -0.459 e. The van der Waals surface area contributed by atoms with Crippen LogP contribution in [0.4, 0.5) is 0 Å². The first-order chi connectivity index (χ1) is 18.3. The monoisotopic (exact) mass is 524 g/mol. The molecule has 1 aromatic carbocycles. The number of fused-ring (bicyclic) bond motifs is 1. The van der Waals surface area contributed by atoms with E-state index >= 15 is 0 Å². The fourth-order valence-corrected chi connectivity index (χ4v) is 4.96. The van der Waals surface area contributed by atoms with E-state index in [1.807, 2.05) is 33.8 Å². The van der Waals surface area contributed by atoms with Gasteiger partial charge < -0.3 is 29.1 Å². The van der Waals surface area contributed by atoms with Gasteiger partial charge >= 0.3 is 5.97 Å². The highest BCUT2D eigenvalue weighted by atomic mass is 16.6. The lowest BCUT2D eigenvalue weighted by Gasteiger charge is -2.24. The smallest absolute Gasteiger partial charge is 0.323 e. The Morgan fingerprint density at radius 1 is 1.24 bits per heavy atom. The number of hydrogen-bond donors (Lipinski definition) is 2. The van der Waals surface area contributed by atoms with E-state index < -0.39 is 6.04 Å². The van der Waals surface area contributed by atoms with Crippen LogP contribution in [0.1, 0.15) is 44.7 Å². The number of rotatable bonds is 11. The number of hydrogen-bond acceptors (Lipinski definition) is 7. The van der Waals surface area contributed by atoms with Gasteiger partial charge in [0, 0.05) is 50.7 Å². The molecular formula is C29H40N4O5. The Morgan fingerprint density at radius 2 is 2.00 bits per heavy atom. The van der Waals surface area contributed by atoms with Crippen LogP contribution < -0.4 is 10.9 Å². The predicted octanol–water partition coefficient (Wildman–Crippen LogP) is 3.82. The molecular weight excluding hydrogens is 484 g/mol. The number of aromatic amines is 1. The molecule has 0 saturated carbocycles. The second-order valence-corrected chi connectivity index (χ2v) is 10.6. The highest BCUT2D eigenvalue weighted by Gasteiger charge is 2.25. The molecule has 1 fully saturated rings. The molecule has 0 unspecified atom stereocenters. The normalized spacial score (nSPS) is 16.2. The number of aromatic nitrogens is 3. The average molecular weight is 525 g/mol. The summed E-state index contributed by atoms with van der Waals surface area (Å²) in [6.45, 7) is 10.9. The first kappa shape index (κ1) is 28.0. The number of pyridine rings is 1. The van der Waals surface area contributed by atoms with E-state index in [0.29, 0.717) is 24.6 Å². The maximum Gasteiger partial charge on any atom is 0.323 e. The number of nitrogens with zero attached hydrogens (tertiary/aromatic N) is 2. The van der Waals surface area contributed by atoms with E-state index in [4.69, 9.17) is 19.2 Å². The first-order valence-corrected chi connectivity index (χ1v) is 13.5. The molecule has 3 aromatic rings. The van der Waals surface area contributed by atoms with Crippen LogP contribution in [0.3, 0.4) is 0 Å². The summed E-state index contributed by atoms with van der Waals surface area (Å²) in [5.74, 6) is 1.13. The zero-order chi connectivity index (χ0) is 27.2. The zero-order valence-corrected chi connectivity index (χ0v) is 23.1. The Kier molecular flexibility index (Phi) is 9.35. The third kappa shape index (κ3) is 6.70. The van der Waals surface area contributed by atoms with Gasteiger partial charge in [-0.15, -0.1) is 0 Å². The molecule has 2 aromatic heterocycles. The van der Waals surface area contributed by atoms with E-state index in [1.165, 1.54) is 0 Å². The quantitative estimate of drug-likeness (QED) is 0.367. The van der Waals surface area contributed by atoms with Crippen LogP contribution in [-0.4, -0.2) is 59.6 Å². The molecule has 38 heavy (non-hydrogen) atoms. The fraction of sp³-hybridized carbons (Fsp3) is 0.552. The van der Waals surface area contributed by atoms with Crippen LogP contribution in [0, 0.1) is 18.8 Å². The number of carbonyl (C=O) groups excluding carboxylic acids is 1. The number of methoxy groups -OCH3 is 1. The molecule has 4 rings (SSSR count). The second-order valence-electron chi connectivity index (χ2n) is 10.6. The number of imidazole rings is 1. The maximum atomic E-state index is 12.8. The summed E-state index contributed by atoms with van der Waals surface area (Å²) in [6, 6.07) is 7.71. The van der Waals surface area contributed by atoms with Gasteiger partial charge in [0.15, 0.2) is 0 Å². The molecule has 1 aliphatic heterocycles. The number of carbonyl (C=O) groups is 1. The molecule has 0 spiro atoms. The summed E-state index contributed by atoms with van der Waals surface area (Å²) in [5, 5.41) is 3.38. The highest BCUT2D eigenvalue weighted by Crippen LogP contribution is 2.28. The predicted molar refractivity (Wildman–Crippen MR) is 147 cm³/mol. The summed E-state index contributed by atoms with van der Waals surface area (Å²) in [7, 11) is 1.59. The molecule has 3 heterocycles. The molecule has 206 valence electrons. The number of benzene rings is 1. The SMILES string of the molecule is COC[C@@H](C)OC(=O)[C@@H](NCc1ccc2c(c1)nc(-c1c[nH]c(=O)c(C)c1)n2CC1CCOCC1)C(C)C. The van der Waals surface area contributed by atoms with E-state index in [0.717, 1.165) is 60.6 Å². The van der Waals surface area contributed by atoms with Crippen LogP contribution >= 0.6 is 0 Å². The number of ether oxygens (including phenoxy) is 3. The topological polar surface area (TPSA) is 107 Å². The van der Waals surface area contributed by atoms with Crippen molar-refractivity contribution in [3.8, 4) is 11.4 Å². The van der Waals surface area contributed by atoms with E-state index in [-0.39, 0.29) is 23.6 Å². The van der Waals surface area contributed by atoms with Crippen LogP contribution in [0.15, 0.2) is 35.3 Å². The lowest BCUT2D eigenvalue weighted by molar-refractivity contribution is -0.154. The van der Waals surface area contributed by atoms with Crippen molar-refractivity contribution >= 4 is 17.0 Å². The van der Waals surface area contributed by atoms with Gasteiger partial charge in [-0.2, -0.15) is 0 Å². The summed E-state index contributed by atoms with van der Waals surface area (Å²) in [4.78, 5) is 32.6. The largest absolute Gasteiger partial charge is 0.459 e. The number of H-pyrrole nitrogens is 1.